The Morgan fingerprint density at radius 1 is 1.57 bits per heavy atom. The van der Waals surface area contributed by atoms with Crippen molar-refractivity contribution in [3.8, 4) is 11.5 Å². The third kappa shape index (κ3) is 2.13. The van der Waals surface area contributed by atoms with Gasteiger partial charge in [-0.3, -0.25) is 0 Å². The van der Waals surface area contributed by atoms with Gasteiger partial charge in [0.25, 0.3) is 0 Å². The van der Waals surface area contributed by atoms with Gasteiger partial charge in [-0.25, -0.2) is 0 Å². The fourth-order valence-corrected chi connectivity index (χ4v) is 1.83. The summed E-state index contributed by atoms with van der Waals surface area (Å²) in [4.78, 5) is 0. The zero-order chi connectivity index (χ0) is 10.7. The van der Waals surface area contributed by atoms with Crippen molar-refractivity contribution in [3.63, 3.8) is 0 Å². The molecule has 0 heterocycles. The second kappa shape index (κ2) is 4.87. The third-order valence-electron chi connectivity index (χ3n) is 1.83. The number of alkyl halides is 1. The summed E-state index contributed by atoms with van der Waals surface area (Å²) in [5, 5.41) is 19.1. The van der Waals surface area contributed by atoms with Crippen LogP contribution in [-0.2, 0) is 0 Å². The van der Waals surface area contributed by atoms with E-state index in [-0.39, 0.29) is 11.6 Å². The number of methoxy groups -OCH3 is 1. The number of aliphatic hydroxyl groups is 1. The number of halogens is 2. The number of hydrogen-bond donors (Lipinski definition) is 2. The standard InChI is InChI=1S/C9H10BrClO3/c1-14-7-3-2-5(6(12)4-11)8(10)9(7)13/h2-3,6,12-13H,4H2,1H3. The highest BCUT2D eigenvalue weighted by Crippen LogP contribution is 2.38. The lowest BCUT2D eigenvalue weighted by Gasteiger charge is -2.12. The van der Waals surface area contributed by atoms with Gasteiger partial charge in [-0.15, -0.1) is 11.6 Å². The van der Waals surface area contributed by atoms with Crippen molar-refractivity contribution >= 4 is 27.5 Å². The molecule has 1 aromatic rings. The van der Waals surface area contributed by atoms with Crippen molar-refractivity contribution in [2.45, 2.75) is 6.10 Å². The van der Waals surface area contributed by atoms with Crippen molar-refractivity contribution in [1.29, 1.82) is 0 Å². The fraction of sp³-hybridized carbons (Fsp3) is 0.333. The molecule has 14 heavy (non-hydrogen) atoms. The first kappa shape index (κ1) is 11.6. The maximum Gasteiger partial charge on any atom is 0.172 e. The number of phenolic OH excluding ortho intramolecular Hbond substituents is 1. The van der Waals surface area contributed by atoms with Gasteiger partial charge in [0.05, 0.1) is 23.6 Å². The van der Waals surface area contributed by atoms with Gasteiger partial charge >= 0.3 is 0 Å². The third-order valence-corrected chi connectivity index (χ3v) is 2.96. The average molecular weight is 282 g/mol. The summed E-state index contributed by atoms with van der Waals surface area (Å²) in [6.07, 6.45) is -0.803. The molecule has 0 fully saturated rings. The van der Waals surface area contributed by atoms with E-state index in [1.165, 1.54) is 7.11 Å². The van der Waals surface area contributed by atoms with Gasteiger partial charge in [0, 0.05) is 0 Å². The summed E-state index contributed by atoms with van der Waals surface area (Å²) in [5.41, 5.74) is 0.540. The largest absolute Gasteiger partial charge is 0.503 e. The molecule has 1 aromatic carbocycles. The number of phenols is 1. The van der Waals surface area contributed by atoms with Gasteiger partial charge in [-0.1, -0.05) is 6.07 Å². The minimum Gasteiger partial charge on any atom is -0.503 e. The van der Waals surface area contributed by atoms with E-state index in [4.69, 9.17) is 16.3 Å². The molecule has 1 rings (SSSR count). The lowest BCUT2D eigenvalue weighted by molar-refractivity contribution is 0.201. The van der Waals surface area contributed by atoms with Crippen molar-refractivity contribution < 1.29 is 14.9 Å². The Bertz CT molecular complexity index is 330. The predicted molar refractivity (Wildman–Crippen MR) is 58.0 cm³/mol. The van der Waals surface area contributed by atoms with Crippen LogP contribution >= 0.6 is 27.5 Å². The minimum absolute atomic E-state index is 0.0332. The van der Waals surface area contributed by atoms with Crippen LogP contribution < -0.4 is 4.74 Å². The maximum atomic E-state index is 9.60. The second-order valence-electron chi connectivity index (χ2n) is 2.69. The molecule has 5 heteroatoms. The zero-order valence-corrected chi connectivity index (χ0v) is 9.84. The van der Waals surface area contributed by atoms with Crippen LogP contribution in [-0.4, -0.2) is 23.2 Å². The molecule has 0 spiro atoms. The number of rotatable bonds is 3. The summed E-state index contributed by atoms with van der Waals surface area (Å²) in [6.45, 7) is 0. The highest BCUT2D eigenvalue weighted by molar-refractivity contribution is 9.10. The molecule has 2 N–H and O–H groups in total. The smallest absolute Gasteiger partial charge is 0.172 e. The first-order chi connectivity index (χ1) is 6.61. The second-order valence-corrected chi connectivity index (χ2v) is 3.79. The number of aromatic hydroxyl groups is 1. The van der Waals surface area contributed by atoms with Crippen molar-refractivity contribution in [1.82, 2.24) is 0 Å². The predicted octanol–water partition coefficient (Wildman–Crippen LogP) is 2.44. The number of ether oxygens (including phenoxy) is 1. The van der Waals surface area contributed by atoms with E-state index in [0.717, 1.165) is 0 Å². The zero-order valence-electron chi connectivity index (χ0n) is 7.50. The molecular weight excluding hydrogens is 271 g/mol. The van der Waals surface area contributed by atoms with Gasteiger partial charge in [-0.2, -0.15) is 0 Å². The summed E-state index contributed by atoms with van der Waals surface area (Å²) >= 11 is 8.67. The Morgan fingerprint density at radius 3 is 2.71 bits per heavy atom. The summed E-state index contributed by atoms with van der Waals surface area (Å²) in [7, 11) is 1.46. The van der Waals surface area contributed by atoms with E-state index < -0.39 is 6.10 Å². The Balaban J connectivity index is 3.17. The lowest BCUT2D eigenvalue weighted by Crippen LogP contribution is -2.00. The van der Waals surface area contributed by atoms with E-state index in [9.17, 15) is 10.2 Å². The van der Waals surface area contributed by atoms with Gasteiger partial charge in [0.15, 0.2) is 11.5 Å². The molecule has 0 aliphatic rings. The Labute approximate surface area is 95.4 Å². The molecule has 0 radical (unpaired) electrons. The molecule has 78 valence electrons. The molecule has 3 nitrogen and oxygen atoms in total. The minimum atomic E-state index is -0.803. The van der Waals surface area contributed by atoms with Crippen LogP contribution in [0.3, 0.4) is 0 Å². The molecule has 0 saturated heterocycles. The highest BCUT2D eigenvalue weighted by atomic mass is 79.9. The summed E-state index contributed by atoms with van der Waals surface area (Å²) in [5.74, 6) is 0.390. The van der Waals surface area contributed by atoms with Crippen LogP contribution in [0.5, 0.6) is 11.5 Å². The molecule has 0 bridgehead atoms. The molecule has 0 aromatic heterocycles. The molecule has 1 atom stereocenters. The average Bonchev–Trinajstić information content (AvgIpc) is 2.21. The van der Waals surface area contributed by atoms with Gasteiger partial charge in [-0.05, 0) is 27.6 Å². The number of hydrogen-bond acceptors (Lipinski definition) is 3. The van der Waals surface area contributed by atoms with Crippen LogP contribution in [0.2, 0.25) is 0 Å². The highest BCUT2D eigenvalue weighted by Gasteiger charge is 2.15. The van der Waals surface area contributed by atoms with Crippen LogP contribution in [0.4, 0.5) is 0 Å². The van der Waals surface area contributed by atoms with E-state index in [1.54, 1.807) is 12.1 Å². The summed E-state index contributed by atoms with van der Waals surface area (Å²) in [6, 6.07) is 3.22. The first-order valence-electron chi connectivity index (χ1n) is 3.91. The normalized spacial score (nSPS) is 12.6. The monoisotopic (exact) mass is 280 g/mol. The molecule has 1 unspecified atom stereocenters. The lowest BCUT2D eigenvalue weighted by atomic mass is 10.1. The van der Waals surface area contributed by atoms with Gasteiger partial charge < -0.3 is 14.9 Å². The Morgan fingerprint density at radius 2 is 2.21 bits per heavy atom. The van der Waals surface area contributed by atoms with Gasteiger partial charge in [0.1, 0.15) is 0 Å². The van der Waals surface area contributed by atoms with Crippen molar-refractivity contribution in [2.24, 2.45) is 0 Å². The quantitative estimate of drug-likeness (QED) is 0.837. The SMILES string of the molecule is COc1ccc(C(O)CCl)c(Br)c1O. The van der Waals surface area contributed by atoms with E-state index >= 15 is 0 Å². The Hall–Kier alpha value is -0.450. The number of aliphatic hydroxyl groups excluding tert-OH is 1. The molecule has 0 saturated carbocycles. The van der Waals surface area contributed by atoms with Crippen molar-refractivity contribution in [2.75, 3.05) is 13.0 Å². The van der Waals surface area contributed by atoms with Crippen LogP contribution in [0, 0.1) is 0 Å². The molecule has 0 aliphatic heterocycles. The fourth-order valence-electron chi connectivity index (χ4n) is 1.07. The van der Waals surface area contributed by atoms with Crippen LogP contribution in [0.25, 0.3) is 0 Å². The van der Waals surface area contributed by atoms with Gasteiger partial charge in [0.2, 0.25) is 0 Å². The van der Waals surface area contributed by atoms with E-state index in [1.807, 2.05) is 0 Å². The molecule has 0 amide bonds. The summed E-state index contributed by atoms with van der Waals surface area (Å²) < 4.78 is 5.31. The first-order valence-corrected chi connectivity index (χ1v) is 5.24. The van der Waals surface area contributed by atoms with E-state index in [0.29, 0.717) is 15.8 Å². The van der Waals surface area contributed by atoms with Crippen LogP contribution in [0.1, 0.15) is 11.7 Å². The van der Waals surface area contributed by atoms with Crippen molar-refractivity contribution in [3.05, 3.63) is 22.2 Å². The molecule has 0 aliphatic carbocycles. The van der Waals surface area contributed by atoms with E-state index in [2.05, 4.69) is 15.9 Å². The maximum absolute atomic E-state index is 9.60. The van der Waals surface area contributed by atoms with Crippen LogP contribution in [0.15, 0.2) is 16.6 Å². The topological polar surface area (TPSA) is 49.7 Å². The molecular formula is C9H10BrClO3. The Kier molecular flexibility index (Phi) is 4.04. The number of benzene rings is 1.